The molecule has 19 heavy (non-hydrogen) atoms. The van der Waals surface area contributed by atoms with Crippen molar-refractivity contribution >= 4 is 15.9 Å². The van der Waals surface area contributed by atoms with Crippen molar-refractivity contribution < 1.29 is 0 Å². The molecule has 3 rings (SSSR count). The van der Waals surface area contributed by atoms with Gasteiger partial charge in [0.25, 0.3) is 0 Å². The first kappa shape index (κ1) is 13.6. The first-order valence-electron chi connectivity index (χ1n) is 7.82. The van der Waals surface area contributed by atoms with Gasteiger partial charge < -0.3 is 4.90 Å². The van der Waals surface area contributed by atoms with Gasteiger partial charge in [0, 0.05) is 10.5 Å². The zero-order valence-electron chi connectivity index (χ0n) is 11.7. The Labute approximate surface area is 125 Å². The Hall–Kier alpha value is -0.340. The molecule has 2 heteroatoms. The number of nitrogens with zero attached hydrogens (tertiary/aromatic N) is 1. The molecule has 1 aliphatic carbocycles. The largest absolute Gasteiger partial charge is 0.300 e. The minimum atomic E-state index is 0.785. The zero-order chi connectivity index (χ0) is 13.1. The Morgan fingerprint density at radius 3 is 2.11 bits per heavy atom. The van der Waals surface area contributed by atoms with Crippen molar-refractivity contribution in [2.45, 2.75) is 56.9 Å². The van der Waals surface area contributed by atoms with Crippen LogP contribution in [0.3, 0.4) is 0 Å². The van der Waals surface area contributed by atoms with Crippen molar-refractivity contribution in [2.24, 2.45) is 0 Å². The lowest BCUT2D eigenvalue weighted by molar-refractivity contribution is 0.122. The van der Waals surface area contributed by atoms with Gasteiger partial charge in [-0.25, -0.2) is 0 Å². The summed E-state index contributed by atoms with van der Waals surface area (Å²) in [6, 6.07) is 9.86. The summed E-state index contributed by atoms with van der Waals surface area (Å²) in [4.78, 5) is 2.77. The van der Waals surface area contributed by atoms with Crippen molar-refractivity contribution in [2.75, 3.05) is 13.1 Å². The second kappa shape index (κ2) is 6.41. The number of piperidine rings is 1. The molecular formula is C17H24BrN. The number of hydrogen-bond acceptors (Lipinski definition) is 1. The van der Waals surface area contributed by atoms with E-state index in [0.717, 1.165) is 12.0 Å². The Morgan fingerprint density at radius 2 is 1.47 bits per heavy atom. The highest BCUT2D eigenvalue weighted by Crippen LogP contribution is 2.32. The Balaban J connectivity index is 1.55. The first-order chi connectivity index (χ1) is 9.33. The normalized spacial score (nSPS) is 23.6. The number of hydrogen-bond donors (Lipinski definition) is 0. The quantitative estimate of drug-likeness (QED) is 0.744. The van der Waals surface area contributed by atoms with Crippen molar-refractivity contribution in [1.82, 2.24) is 4.90 Å². The molecule has 0 N–H and O–H groups in total. The maximum absolute atomic E-state index is 3.52. The summed E-state index contributed by atoms with van der Waals surface area (Å²) in [7, 11) is 0. The number of benzene rings is 1. The summed E-state index contributed by atoms with van der Waals surface area (Å²) in [6.07, 6.45) is 9.96. The molecule has 2 fully saturated rings. The zero-order valence-corrected chi connectivity index (χ0v) is 13.2. The van der Waals surface area contributed by atoms with Gasteiger partial charge in [-0.3, -0.25) is 0 Å². The summed E-state index contributed by atoms with van der Waals surface area (Å²) < 4.78 is 1.19. The molecule has 0 bridgehead atoms. The standard InChI is InChI=1S/C17H24BrN/c18-16-8-6-14(7-9-16)15-10-12-19(13-11-15)17-4-2-1-3-5-17/h6-9,15,17H,1-5,10-13H2. The monoisotopic (exact) mass is 321 g/mol. The van der Waals surface area contributed by atoms with E-state index < -0.39 is 0 Å². The third kappa shape index (κ3) is 3.41. The smallest absolute Gasteiger partial charge is 0.0175 e. The lowest BCUT2D eigenvalue weighted by Gasteiger charge is -2.39. The average Bonchev–Trinajstić information content (AvgIpc) is 2.49. The van der Waals surface area contributed by atoms with E-state index >= 15 is 0 Å². The van der Waals surface area contributed by atoms with E-state index in [2.05, 4.69) is 45.1 Å². The molecule has 1 nitrogen and oxygen atoms in total. The number of halogens is 1. The van der Waals surface area contributed by atoms with Crippen LogP contribution < -0.4 is 0 Å². The summed E-state index contributed by atoms with van der Waals surface area (Å²) in [6.45, 7) is 2.62. The molecule has 1 aliphatic heterocycles. The molecule has 104 valence electrons. The van der Waals surface area contributed by atoms with Crippen LogP contribution in [0.1, 0.15) is 56.4 Å². The van der Waals surface area contributed by atoms with Crippen LogP contribution >= 0.6 is 15.9 Å². The van der Waals surface area contributed by atoms with Gasteiger partial charge in [0.05, 0.1) is 0 Å². The Bertz CT molecular complexity index is 386. The van der Waals surface area contributed by atoms with Gasteiger partial charge in [-0.05, 0) is 62.4 Å². The lowest BCUT2D eigenvalue weighted by atomic mass is 9.87. The third-order valence-electron chi connectivity index (χ3n) is 4.96. The van der Waals surface area contributed by atoms with Crippen LogP contribution in [0.15, 0.2) is 28.7 Å². The van der Waals surface area contributed by atoms with E-state index in [1.54, 1.807) is 0 Å². The van der Waals surface area contributed by atoms with Crippen LogP contribution in [0.25, 0.3) is 0 Å². The molecule has 1 heterocycles. The van der Waals surface area contributed by atoms with Crippen LogP contribution in [0.5, 0.6) is 0 Å². The third-order valence-corrected chi connectivity index (χ3v) is 5.49. The van der Waals surface area contributed by atoms with Crippen molar-refractivity contribution in [3.05, 3.63) is 34.3 Å². The fraction of sp³-hybridized carbons (Fsp3) is 0.647. The molecule has 0 aromatic heterocycles. The predicted molar refractivity (Wildman–Crippen MR) is 84.6 cm³/mol. The molecule has 0 spiro atoms. The first-order valence-corrected chi connectivity index (χ1v) is 8.62. The van der Waals surface area contributed by atoms with Gasteiger partial charge in [0.1, 0.15) is 0 Å². The van der Waals surface area contributed by atoms with E-state index in [1.165, 1.54) is 68.1 Å². The van der Waals surface area contributed by atoms with Gasteiger partial charge in [0.15, 0.2) is 0 Å². The summed E-state index contributed by atoms with van der Waals surface area (Å²) in [5.41, 5.74) is 1.53. The van der Waals surface area contributed by atoms with Gasteiger partial charge >= 0.3 is 0 Å². The topological polar surface area (TPSA) is 3.24 Å². The molecule has 2 aliphatic rings. The van der Waals surface area contributed by atoms with E-state index in [4.69, 9.17) is 0 Å². The van der Waals surface area contributed by atoms with E-state index in [1.807, 2.05) is 0 Å². The fourth-order valence-corrected chi connectivity index (χ4v) is 4.04. The minimum absolute atomic E-state index is 0.785. The highest BCUT2D eigenvalue weighted by molar-refractivity contribution is 9.10. The van der Waals surface area contributed by atoms with E-state index in [0.29, 0.717) is 0 Å². The van der Waals surface area contributed by atoms with Crippen LogP contribution in [0.2, 0.25) is 0 Å². The second-order valence-electron chi connectivity index (χ2n) is 6.15. The molecule has 0 radical (unpaired) electrons. The summed E-state index contributed by atoms with van der Waals surface area (Å²) >= 11 is 3.52. The summed E-state index contributed by atoms with van der Waals surface area (Å²) in [5.74, 6) is 0.785. The van der Waals surface area contributed by atoms with Crippen LogP contribution in [-0.4, -0.2) is 24.0 Å². The van der Waals surface area contributed by atoms with Gasteiger partial charge in [-0.15, -0.1) is 0 Å². The van der Waals surface area contributed by atoms with Gasteiger partial charge in [0.2, 0.25) is 0 Å². The van der Waals surface area contributed by atoms with Crippen LogP contribution in [0, 0.1) is 0 Å². The van der Waals surface area contributed by atoms with Crippen LogP contribution in [0.4, 0.5) is 0 Å². The number of rotatable bonds is 2. The van der Waals surface area contributed by atoms with Gasteiger partial charge in [-0.1, -0.05) is 47.3 Å². The van der Waals surface area contributed by atoms with Gasteiger partial charge in [-0.2, -0.15) is 0 Å². The van der Waals surface area contributed by atoms with Crippen molar-refractivity contribution in [1.29, 1.82) is 0 Å². The molecule has 0 unspecified atom stereocenters. The molecule has 1 aromatic rings. The maximum Gasteiger partial charge on any atom is 0.0175 e. The maximum atomic E-state index is 3.52. The Morgan fingerprint density at radius 1 is 0.842 bits per heavy atom. The summed E-state index contributed by atoms with van der Waals surface area (Å²) in [5, 5.41) is 0. The highest BCUT2D eigenvalue weighted by atomic mass is 79.9. The average molecular weight is 322 g/mol. The Kier molecular flexibility index (Phi) is 4.60. The van der Waals surface area contributed by atoms with Crippen LogP contribution in [-0.2, 0) is 0 Å². The van der Waals surface area contributed by atoms with Crippen molar-refractivity contribution in [3.63, 3.8) is 0 Å². The molecular weight excluding hydrogens is 298 g/mol. The van der Waals surface area contributed by atoms with E-state index in [9.17, 15) is 0 Å². The fourth-order valence-electron chi connectivity index (χ4n) is 3.78. The lowest BCUT2D eigenvalue weighted by Crippen LogP contribution is -2.41. The molecule has 0 atom stereocenters. The molecule has 1 saturated carbocycles. The molecule has 1 saturated heterocycles. The van der Waals surface area contributed by atoms with Crippen molar-refractivity contribution in [3.8, 4) is 0 Å². The predicted octanol–water partition coefficient (Wildman–Crippen LogP) is 4.96. The SMILES string of the molecule is Brc1ccc(C2CCN(C3CCCCC3)CC2)cc1. The number of likely N-dealkylation sites (tertiary alicyclic amines) is 1. The second-order valence-corrected chi connectivity index (χ2v) is 7.07. The highest BCUT2D eigenvalue weighted by Gasteiger charge is 2.26. The minimum Gasteiger partial charge on any atom is -0.300 e. The van der Waals surface area contributed by atoms with E-state index in [-0.39, 0.29) is 0 Å². The molecule has 0 amide bonds. The molecule has 1 aromatic carbocycles.